The molecule has 1 saturated heterocycles. The molecule has 6 nitrogen and oxygen atoms in total. The van der Waals surface area contributed by atoms with Gasteiger partial charge < -0.3 is 15.0 Å². The van der Waals surface area contributed by atoms with Crippen LogP contribution in [-0.4, -0.2) is 38.0 Å². The highest BCUT2D eigenvalue weighted by Crippen LogP contribution is 2.31. The predicted molar refractivity (Wildman–Crippen MR) is 88.9 cm³/mol. The van der Waals surface area contributed by atoms with Gasteiger partial charge in [0, 0.05) is 30.4 Å². The van der Waals surface area contributed by atoms with E-state index in [-0.39, 0.29) is 36.5 Å². The van der Waals surface area contributed by atoms with Crippen molar-refractivity contribution >= 4 is 39.4 Å². The van der Waals surface area contributed by atoms with Crippen molar-refractivity contribution in [3.63, 3.8) is 0 Å². The summed E-state index contributed by atoms with van der Waals surface area (Å²) in [5, 5.41) is 2.77. The number of ether oxygens (including phenoxy) is 1. The second-order valence-electron chi connectivity index (χ2n) is 5.33. The van der Waals surface area contributed by atoms with Gasteiger partial charge in [0.15, 0.2) is 0 Å². The standard InChI is InChI=1S/C16H19BrN2O4/c1-23-15(21)7-4-8-18-16(22)11-9-14(20)19(10-11)13-6-3-2-5-12(13)17/h2-3,5-6,11H,4,7-10H2,1H3,(H,18,22)/t11-/m1/s1. The Bertz CT molecular complexity index is 605. The van der Waals surface area contributed by atoms with Gasteiger partial charge in [-0.1, -0.05) is 12.1 Å². The number of halogens is 1. The molecule has 1 aromatic rings. The van der Waals surface area contributed by atoms with Crippen LogP contribution in [0.3, 0.4) is 0 Å². The number of hydrogen-bond donors (Lipinski definition) is 1. The summed E-state index contributed by atoms with van der Waals surface area (Å²) in [6.07, 6.45) is 0.987. The highest BCUT2D eigenvalue weighted by Gasteiger charge is 2.35. The summed E-state index contributed by atoms with van der Waals surface area (Å²) in [4.78, 5) is 36.9. The van der Waals surface area contributed by atoms with E-state index in [1.807, 2.05) is 24.3 Å². The number of amides is 2. The maximum absolute atomic E-state index is 12.2. The van der Waals surface area contributed by atoms with Crippen molar-refractivity contribution in [2.45, 2.75) is 19.3 Å². The lowest BCUT2D eigenvalue weighted by Gasteiger charge is -2.18. The van der Waals surface area contributed by atoms with Crippen LogP contribution in [0.4, 0.5) is 5.69 Å². The monoisotopic (exact) mass is 382 g/mol. The fourth-order valence-corrected chi connectivity index (χ4v) is 2.98. The van der Waals surface area contributed by atoms with Crippen LogP contribution in [0.5, 0.6) is 0 Å². The van der Waals surface area contributed by atoms with Crippen molar-refractivity contribution in [3.8, 4) is 0 Å². The number of methoxy groups -OCH3 is 1. The second kappa shape index (κ2) is 8.10. The molecule has 0 bridgehead atoms. The quantitative estimate of drug-likeness (QED) is 0.601. The van der Waals surface area contributed by atoms with Gasteiger partial charge >= 0.3 is 5.97 Å². The van der Waals surface area contributed by atoms with E-state index in [9.17, 15) is 14.4 Å². The molecule has 0 saturated carbocycles. The number of anilines is 1. The first-order chi connectivity index (χ1) is 11.0. The van der Waals surface area contributed by atoms with E-state index >= 15 is 0 Å². The molecule has 2 rings (SSSR count). The lowest BCUT2D eigenvalue weighted by molar-refractivity contribution is -0.140. The molecule has 23 heavy (non-hydrogen) atoms. The van der Waals surface area contributed by atoms with Gasteiger partial charge in [-0.3, -0.25) is 14.4 Å². The van der Waals surface area contributed by atoms with Crippen LogP contribution in [0, 0.1) is 5.92 Å². The van der Waals surface area contributed by atoms with Crippen LogP contribution in [-0.2, 0) is 19.1 Å². The molecule has 7 heteroatoms. The average Bonchev–Trinajstić information content (AvgIpc) is 2.93. The van der Waals surface area contributed by atoms with Crippen LogP contribution in [0.15, 0.2) is 28.7 Å². The number of carbonyl (C=O) groups is 3. The second-order valence-corrected chi connectivity index (χ2v) is 6.18. The number of para-hydroxylation sites is 1. The first-order valence-electron chi connectivity index (χ1n) is 7.42. The van der Waals surface area contributed by atoms with Crippen molar-refractivity contribution in [1.82, 2.24) is 5.32 Å². The van der Waals surface area contributed by atoms with Crippen molar-refractivity contribution in [3.05, 3.63) is 28.7 Å². The number of hydrogen-bond acceptors (Lipinski definition) is 4. The van der Waals surface area contributed by atoms with E-state index in [0.717, 1.165) is 10.2 Å². The number of rotatable bonds is 6. The normalized spacial score (nSPS) is 17.2. The predicted octanol–water partition coefficient (Wildman–Crippen LogP) is 1.87. The fraction of sp³-hybridized carbons (Fsp3) is 0.438. The van der Waals surface area contributed by atoms with E-state index in [2.05, 4.69) is 26.0 Å². The molecule has 124 valence electrons. The third-order valence-corrected chi connectivity index (χ3v) is 4.39. The van der Waals surface area contributed by atoms with E-state index < -0.39 is 0 Å². The topological polar surface area (TPSA) is 75.7 Å². The molecule has 0 unspecified atom stereocenters. The van der Waals surface area contributed by atoms with Gasteiger partial charge in [-0.15, -0.1) is 0 Å². The number of esters is 1. The van der Waals surface area contributed by atoms with E-state index in [0.29, 0.717) is 19.5 Å². The lowest BCUT2D eigenvalue weighted by Crippen LogP contribution is -2.33. The molecule has 0 aliphatic carbocycles. The first kappa shape index (κ1) is 17.5. The minimum absolute atomic E-state index is 0.0633. The van der Waals surface area contributed by atoms with Gasteiger partial charge in [0.05, 0.1) is 18.7 Å². The van der Waals surface area contributed by atoms with Gasteiger partial charge in [-0.2, -0.15) is 0 Å². The minimum atomic E-state index is -0.368. The third-order valence-electron chi connectivity index (χ3n) is 3.72. The largest absolute Gasteiger partial charge is 0.469 e. The van der Waals surface area contributed by atoms with Crippen molar-refractivity contribution in [2.75, 3.05) is 25.1 Å². The maximum atomic E-state index is 12.2. The van der Waals surface area contributed by atoms with Gasteiger partial charge in [0.1, 0.15) is 0 Å². The fourth-order valence-electron chi connectivity index (χ4n) is 2.48. The average molecular weight is 383 g/mol. The van der Waals surface area contributed by atoms with Crippen LogP contribution in [0.2, 0.25) is 0 Å². The van der Waals surface area contributed by atoms with E-state index in [1.54, 1.807) is 4.90 Å². The SMILES string of the molecule is COC(=O)CCCNC(=O)[C@@H]1CC(=O)N(c2ccccc2Br)C1. The Morgan fingerprint density at radius 2 is 2.13 bits per heavy atom. The highest BCUT2D eigenvalue weighted by atomic mass is 79.9. The smallest absolute Gasteiger partial charge is 0.305 e. The molecule has 1 aromatic carbocycles. The number of nitrogens with zero attached hydrogens (tertiary/aromatic N) is 1. The number of nitrogens with one attached hydrogen (secondary N) is 1. The van der Waals surface area contributed by atoms with E-state index in [4.69, 9.17) is 0 Å². The Hall–Kier alpha value is -1.89. The van der Waals surface area contributed by atoms with Crippen LogP contribution in [0.1, 0.15) is 19.3 Å². The van der Waals surface area contributed by atoms with Gasteiger partial charge in [0.25, 0.3) is 0 Å². The molecule has 1 aliphatic heterocycles. The molecule has 1 atom stereocenters. The van der Waals surface area contributed by atoms with Crippen molar-refractivity contribution in [2.24, 2.45) is 5.92 Å². The zero-order valence-electron chi connectivity index (χ0n) is 12.9. The van der Waals surface area contributed by atoms with Crippen LogP contribution < -0.4 is 10.2 Å². The van der Waals surface area contributed by atoms with E-state index in [1.165, 1.54) is 7.11 Å². The third kappa shape index (κ3) is 4.54. The molecule has 1 N–H and O–H groups in total. The van der Waals surface area contributed by atoms with Gasteiger partial charge in [-0.05, 0) is 34.5 Å². The molecular weight excluding hydrogens is 364 g/mol. The summed E-state index contributed by atoms with van der Waals surface area (Å²) >= 11 is 3.42. The lowest BCUT2D eigenvalue weighted by atomic mass is 10.1. The number of benzene rings is 1. The molecule has 0 radical (unpaired) electrons. The van der Waals surface area contributed by atoms with Crippen LogP contribution in [0.25, 0.3) is 0 Å². The Morgan fingerprint density at radius 3 is 2.83 bits per heavy atom. The summed E-state index contributed by atoms with van der Waals surface area (Å²) < 4.78 is 5.36. The zero-order chi connectivity index (χ0) is 16.8. The summed E-state index contributed by atoms with van der Waals surface area (Å²) in [6, 6.07) is 7.44. The summed E-state index contributed by atoms with van der Waals surface area (Å²) in [5.74, 6) is -0.882. The highest BCUT2D eigenvalue weighted by molar-refractivity contribution is 9.10. The molecule has 2 amide bonds. The first-order valence-corrected chi connectivity index (χ1v) is 8.21. The maximum Gasteiger partial charge on any atom is 0.305 e. The molecule has 1 heterocycles. The number of carbonyl (C=O) groups excluding carboxylic acids is 3. The minimum Gasteiger partial charge on any atom is -0.469 e. The Morgan fingerprint density at radius 1 is 1.39 bits per heavy atom. The molecule has 0 spiro atoms. The summed E-state index contributed by atoms with van der Waals surface area (Å²) in [5.41, 5.74) is 0.776. The van der Waals surface area contributed by atoms with Gasteiger partial charge in [0.2, 0.25) is 11.8 Å². The van der Waals surface area contributed by atoms with Gasteiger partial charge in [-0.25, -0.2) is 0 Å². The molecular formula is C16H19BrN2O4. The Balaban J connectivity index is 1.86. The Kier molecular flexibility index (Phi) is 6.15. The zero-order valence-corrected chi connectivity index (χ0v) is 14.5. The van der Waals surface area contributed by atoms with Crippen molar-refractivity contribution < 1.29 is 19.1 Å². The molecule has 1 fully saturated rings. The van der Waals surface area contributed by atoms with Crippen LogP contribution >= 0.6 is 15.9 Å². The Labute approximate surface area is 143 Å². The molecule has 1 aliphatic rings. The summed E-state index contributed by atoms with van der Waals surface area (Å²) in [6.45, 7) is 0.762. The summed E-state index contributed by atoms with van der Waals surface area (Å²) in [7, 11) is 1.33. The van der Waals surface area contributed by atoms with Crippen molar-refractivity contribution in [1.29, 1.82) is 0 Å². The molecule has 0 aromatic heterocycles.